The first-order valence-electron chi connectivity index (χ1n) is 8.90. The Kier molecular flexibility index (Phi) is 10.3. The second-order valence-electron chi connectivity index (χ2n) is 6.72. The van der Waals surface area contributed by atoms with Crippen LogP contribution in [0.15, 0.2) is 29.3 Å². The van der Waals surface area contributed by atoms with Crippen LogP contribution in [0, 0.1) is 12.8 Å². The molecule has 0 saturated carbocycles. The Morgan fingerprint density at radius 3 is 2.46 bits per heavy atom. The van der Waals surface area contributed by atoms with E-state index in [0.29, 0.717) is 0 Å². The molecule has 1 aliphatic heterocycles. The number of benzene rings is 1. The number of halogens is 1. The van der Waals surface area contributed by atoms with Crippen LogP contribution < -0.4 is 10.6 Å². The van der Waals surface area contributed by atoms with Crippen LogP contribution in [0.5, 0.6) is 0 Å². The van der Waals surface area contributed by atoms with Crippen molar-refractivity contribution in [3.05, 3.63) is 35.4 Å². The van der Waals surface area contributed by atoms with E-state index in [0.717, 1.165) is 25.0 Å². The zero-order valence-corrected chi connectivity index (χ0v) is 17.7. The Balaban J connectivity index is 0.00000288. The number of nitrogens with one attached hydrogen (secondary N) is 2. The molecule has 1 aromatic carbocycles. The number of hydrogen-bond donors (Lipinski definition) is 2. The SMILES string of the molecule is CN=C(NCCCN1CCC(C)CC1)NCc1ccc(C)cc1.I. The number of piperidine rings is 1. The summed E-state index contributed by atoms with van der Waals surface area (Å²) in [5, 5.41) is 6.79. The molecule has 2 rings (SSSR count). The lowest BCUT2D eigenvalue weighted by Gasteiger charge is -2.30. The fourth-order valence-corrected chi connectivity index (χ4v) is 2.91. The largest absolute Gasteiger partial charge is 0.356 e. The van der Waals surface area contributed by atoms with Gasteiger partial charge in [-0.2, -0.15) is 0 Å². The van der Waals surface area contributed by atoms with Gasteiger partial charge in [-0.1, -0.05) is 36.8 Å². The van der Waals surface area contributed by atoms with Crippen molar-refractivity contribution in [2.75, 3.05) is 33.2 Å². The van der Waals surface area contributed by atoms with Crippen LogP contribution >= 0.6 is 24.0 Å². The van der Waals surface area contributed by atoms with Gasteiger partial charge in [0.05, 0.1) is 0 Å². The number of aliphatic imine (C=N–C) groups is 1. The second kappa shape index (κ2) is 11.7. The average Bonchev–Trinajstić information content (AvgIpc) is 2.57. The number of aryl methyl sites for hydroxylation is 1. The standard InChI is InChI=1S/C19H32N4.HI/c1-16-5-7-18(8-6-16)15-22-19(20-3)21-11-4-12-23-13-9-17(2)10-14-23;/h5-8,17H,4,9-15H2,1-3H3,(H2,20,21,22);1H. The molecule has 1 aliphatic rings. The van der Waals surface area contributed by atoms with Gasteiger partial charge < -0.3 is 15.5 Å². The maximum Gasteiger partial charge on any atom is 0.191 e. The summed E-state index contributed by atoms with van der Waals surface area (Å²) in [5.41, 5.74) is 2.57. The molecular formula is C19H33IN4. The summed E-state index contributed by atoms with van der Waals surface area (Å²) in [7, 11) is 1.83. The molecule has 5 heteroatoms. The van der Waals surface area contributed by atoms with E-state index < -0.39 is 0 Å². The predicted octanol–water partition coefficient (Wildman–Crippen LogP) is 3.40. The summed E-state index contributed by atoms with van der Waals surface area (Å²) in [6.07, 6.45) is 3.88. The molecule has 1 saturated heterocycles. The first-order chi connectivity index (χ1) is 11.2. The van der Waals surface area contributed by atoms with Crippen LogP contribution in [-0.2, 0) is 6.54 Å². The van der Waals surface area contributed by atoms with Gasteiger partial charge in [0, 0.05) is 20.1 Å². The van der Waals surface area contributed by atoms with Crippen molar-refractivity contribution in [2.24, 2.45) is 10.9 Å². The normalized spacial score (nSPS) is 16.5. The highest BCUT2D eigenvalue weighted by Gasteiger charge is 2.14. The Morgan fingerprint density at radius 2 is 1.83 bits per heavy atom. The molecule has 0 spiro atoms. The van der Waals surface area contributed by atoms with E-state index in [1.165, 1.54) is 50.0 Å². The summed E-state index contributed by atoms with van der Waals surface area (Å²) in [6, 6.07) is 8.61. The van der Waals surface area contributed by atoms with Crippen LogP contribution in [0.25, 0.3) is 0 Å². The minimum Gasteiger partial charge on any atom is -0.356 e. The van der Waals surface area contributed by atoms with E-state index in [1.54, 1.807) is 0 Å². The van der Waals surface area contributed by atoms with Crippen molar-refractivity contribution < 1.29 is 0 Å². The molecule has 24 heavy (non-hydrogen) atoms. The van der Waals surface area contributed by atoms with E-state index in [9.17, 15) is 0 Å². The summed E-state index contributed by atoms with van der Waals surface area (Å²) >= 11 is 0. The molecule has 0 unspecified atom stereocenters. The molecular weight excluding hydrogens is 411 g/mol. The van der Waals surface area contributed by atoms with Crippen molar-refractivity contribution in [2.45, 2.75) is 39.7 Å². The highest BCUT2D eigenvalue weighted by atomic mass is 127. The smallest absolute Gasteiger partial charge is 0.191 e. The van der Waals surface area contributed by atoms with Gasteiger partial charge in [0.2, 0.25) is 0 Å². The van der Waals surface area contributed by atoms with Crippen molar-refractivity contribution in [3.8, 4) is 0 Å². The van der Waals surface area contributed by atoms with E-state index >= 15 is 0 Å². The van der Waals surface area contributed by atoms with Crippen LogP contribution in [-0.4, -0.2) is 44.1 Å². The van der Waals surface area contributed by atoms with Gasteiger partial charge in [0.1, 0.15) is 0 Å². The molecule has 0 radical (unpaired) electrons. The van der Waals surface area contributed by atoms with E-state index in [2.05, 4.69) is 58.6 Å². The predicted molar refractivity (Wildman–Crippen MR) is 114 cm³/mol. The van der Waals surface area contributed by atoms with Crippen LogP contribution in [0.1, 0.15) is 37.3 Å². The van der Waals surface area contributed by atoms with Crippen molar-refractivity contribution >= 4 is 29.9 Å². The second-order valence-corrected chi connectivity index (χ2v) is 6.72. The lowest BCUT2D eigenvalue weighted by atomic mass is 9.99. The van der Waals surface area contributed by atoms with Crippen molar-refractivity contribution in [1.29, 1.82) is 0 Å². The number of rotatable bonds is 6. The molecule has 136 valence electrons. The van der Waals surface area contributed by atoms with Gasteiger partial charge in [0.25, 0.3) is 0 Å². The molecule has 1 fully saturated rings. The number of hydrogen-bond acceptors (Lipinski definition) is 2. The monoisotopic (exact) mass is 444 g/mol. The molecule has 0 bridgehead atoms. The number of guanidine groups is 1. The average molecular weight is 444 g/mol. The lowest BCUT2D eigenvalue weighted by Crippen LogP contribution is -2.39. The minimum absolute atomic E-state index is 0. The van der Waals surface area contributed by atoms with Crippen LogP contribution in [0.2, 0.25) is 0 Å². The van der Waals surface area contributed by atoms with Gasteiger partial charge in [-0.3, -0.25) is 4.99 Å². The maximum absolute atomic E-state index is 4.30. The van der Waals surface area contributed by atoms with E-state index in [4.69, 9.17) is 0 Å². The van der Waals surface area contributed by atoms with Crippen molar-refractivity contribution in [3.63, 3.8) is 0 Å². The summed E-state index contributed by atoms with van der Waals surface area (Å²) in [5.74, 6) is 1.80. The number of likely N-dealkylation sites (tertiary alicyclic amines) is 1. The van der Waals surface area contributed by atoms with Gasteiger partial charge in [0.15, 0.2) is 5.96 Å². The van der Waals surface area contributed by atoms with Gasteiger partial charge in [-0.15, -0.1) is 24.0 Å². The lowest BCUT2D eigenvalue weighted by molar-refractivity contribution is 0.191. The molecule has 2 N–H and O–H groups in total. The summed E-state index contributed by atoms with van der Waals surface area (Å²) in [4.78, 5) is 6.88. The fraction of sp³-hybridized carbons (Fsp3) is 0.632. The molecule has 0 aromatic heterocycles. The quantitative estimate of drug-likeness (QED) is 0.306. The Hall–Kier alpha value is -0.820. The molecule has 4 nitrogen and oxygen atoms in total. The third-order valence-corrected chi connectivity index (χ3v) is 4.62. The topological polar surface area (TPSA) is 39.7 Å². The summed E-state index contributed by atoms with van der Waals surface area (Å²) < 4.78 is 0. The third-order valence-electron chi connectivity index (χ3n) is 4.62. The van der Waals surface area contributed by atoms with E-state index in [-0.39, 0.29) is 24.0 Å². The molecule has 0 amide bonds. The molecule has 1 heterocycles. The van der Waals surface area contributed by atoms with Gasteiger partial charge in [-0.25, -0.2) is 0 Å². The summed E-state index contributed by atoms with van der Waals surface area (Å²) in [6.45, 7) is 9.98. The highest BCUT2D eigenvalue weighted by molar-refractivity contribution is 14.0. The molecule has 1 aromatic rings. The fourth-order valence-electron chi connectivity index (χ4n) is 2.91. The first-order valence-corrected chi connectivity index (χ1v) is 8.90. The first kappa shape index (κ1) is 21.2. The Bertz CT molecular complexity index is 479. The van der Waals surface area contributed by atoms with Gasteiger partial charge >= 0.3 is 0 Å². The number of nitrogens with zero attached hydrogens (tertiary/aromatic N) is 2. The third kappa shape index (κ3) is 7.83. The van der Waals surface area contributed by atoms with Crippen LogP contribution in [0.4, 0.5) is 0 Å². The Morgan fingerprint density at radius 1 is 1.17 bits per heavy atom. The zero-order chi connectivity index (χ0) is 16.5. The van der Waals surface area contributed by atoms with Gasteiger partial charge in [-0.05, 0) is 57.3 Å². The maximum atomic E-state index is 4.30. The highest BCUT2D eigenvalue weighted by Crippen LogP contribution is 2.15. The van der Waals surface area contributed by atoms with Crippen LogP contribution in [0.3, 0.4) is 0 Å². The van der Waals surface area contributed by atoms with Crippen molar-refractivity contribution in [1.82, 2.24) is 15.5 Å². The minimum atomic E-state index is 0. The van der Waals surface area contributed by atoms with E-state index in [1.807, 2.05) is 7.05 Å². The molecule has 0 atom stereocenters. The Labute approximate surface area is 164 Å². The zero-order valence-electron chi connectivity index (χ0n) is 15.3. The molecule has 0 aliphatic carbocycles.